The Bertz CT molecular complexity index is 1510. The number of ether oxygens (including phenoxy) is 1. The summed E-state index contributed by atoms with van der Waals surface area (Å²) in [5, 5.41) is 7.32. The SMILES string of the molecule is COc1cc(S(C)(=O)=O)ccc1NCC#Cc1cc2c(N[C@H]3CCN(C)C[C@@H]3C)cccc2n1CC(F)(F)F. The van der Waals surface area contributed by atoms with Crippen molar-refractivity contribution in [1.82, 2.24) is 9.47 Å². The summed E-state index contributed by atoms with van der Waals surface area (Å²) in [6.45, 7) is 3.05. The summed E-state index contributed by atoms with van der Waals surface area (Å²) in [6, 6.07) is 11.7. The molecule has 0 amide bonds. The fourth-order valence-corrected chi connectivity index (χ4v) is 5.59. The Morgan fingerprint density at radius 3 is 2.59 bits per heavy atom. The van der Waals surface area contributed by atoms with Crippen molar-refractivity contribution in [3.63, 3.8) is 0 Å². The number of hydrogen-bond acceptors (Lipinski definition) is 6. The van der Waals surface area contributed by atoms with Crippen LogP contribution in [0.3, 0.4) is 0 Å². The molecular formula is C28H33F3N4O3S. The monoisotopic (exact) mass is 562 g/mol. The zero-order valence-electron chi connectivity index (χ0n) is 22.4. The highest BCUT2D eigenvalue weighted by atomic mass is 32.2. The molecule has 0 unspecified atom stereocenters. The van der Waals surface area contributed by atoms with Crippen LogP contribution in [0.25, 0.3) is 10.9 Å². The highest BCUT2D eigenvalue weighted by molar-refractivity contribution is 7.90. The molecule has 1 aliphatic heterocycles. The molecule has 1 aromatic heterocycles. The van der Waals surface area contributed by atoms with E-state index in [1.807, 2.05) is 6.07 Å². The molecule has 210 valence electrons. The topological polar surface area (TPSA) is 75.6 Å². The molecule has 1 saturated heterocycles. The Hall–Kier alpha value is -3.36. The lowest BCUT2D eigenvalue weighted by atomic mass is 9.94. The van der Waals surface area contributed by atoms with Gasteiger partial charge >= 0.3 is 6.18 Å². The number of piperidine rings is 1. The maximum atomic E-state index is 13.5. The quantitative estimate of drug-likeness (QED) is 0.402. The number of aromatic nitrogens is 1. The zero-order chi connectivity index (χ0) is 28.4. The average molecular weight is 563 g/mol. The number of nitrogens with one attached hydrogen (secondary N) is 2. The predicted molar refractivity (Wildman–Crippen MR) is 148 cm³/mol. The van der Waals surface area contributed by atoms with E-state index in [1.54, 1.807) is 24.3 Å². The second-order valence-corrected chi connectivity index (χ2v) is 12.1. The first-order valence-electron chi connectivity index (χ1n) is 12.6. The number of rotatable bonds is 7. The molecular weight excluding hydrogens is 529 g/mol. The van der Waals surface area contributed by atoms with Crippen LogP contribution in [-0.4, -0.2) is 70.2 Å². The maximum Gasteiger partial charge on any atom is 0.406 e. The van der Waals surface area contributed by atoms with Crippen molar-refractivity contribution in [2.45, 2.75) is 37.0 Å². The van der Waals surface area contributed by atoms with Crippen molar-refractivity contribution in [1.29, 1.82) is 0 Å². The molecule has 0 radical (unpaired) electrons. The molecule has 2 atom stereocenters. The second kappa shape index (κ2) is 11.4. The van der Waals surface area contributed by atoms with Gasteiger partial charge in [-0.25, -0.2) is 8.42 Å². The van der Waals surface area contributed by atoms with Crippen molar-refractivity contribution in [2.24, 2.45) is 5.92 Å². The summed E-state index contributed by atoms with van der Waals surface area (Å²) in [7, 11) is 0.109. The van der Waals surface area contributed by atoms with Gasteiger partial charge in [-0.3, -0.25) is 0 Å². The molecule has 39 heavy (non-hydrogen) atoms. The van der Waals surface area contributed by atoms with Crippen molar-refractivity contribution < 1.29 is 26.3 Å². The van der Waals surface area contributed by atoms with Gasteiger partial charge in [0.25, 0.3) is 0 Å². The van der Waals surface area contributed by atoms with Crippen LogP contribution < -0.4 is 15.4 Å². The highest BCUT2D eigenvalue weighted by Crippen LogP contribution is 2.32. The van der Waals surface area contributed by atoms with Crippen LogP contribution in [0.4, 0.5) is 24.5 Å². The number of sulfone groups is 1. The van der Waals surface area contributed by atoms with E-state index in [-0.39, 0.29) is 23.2 Å². The molecule has 0 bridgehead atoms. The Balaban J connectivity index is 1.61. The molecule has 0 spiro atoms. The normalized spacial score (nSPS) is 18.4. The lowest BCUT2D eigenvalue weighted by Crippen LogP contribution is -2.43. The van der Waals surface area contributed by atoms with Crippen LogP contribution in [0.1, 0.15) is 19.0 Å². The minimum atomic E-state index is -4.42. The van der Waals surface area contributed by atoms with Crippen molar-refractivity contribution in [2.75, 3.05) is 50.7 Å². The third-order valence-corrected chi connectivity index (χ3v) is 8.03. The largest absolute Gasteiger partial charge is 0.495 e. The van der Waals surface area contributed by atoms with Crippen LogP contribution in [-0.2, 0) is 16.4 Å². The Kier molecular flexibility index (Phi) is 8.37. The molecule has 2 N–H and O–H groups in total. The molecule has 0 aliphatic carbocycles. The van der Waals surface area contributed by atoms with E-state index in [9.17, 15) is 21.6 Å². The zero-order valence-corrected chi connectivity index (χ0v) is 23.2. The third kappa shape index (κ3) is 6.99. The van der Waals surface area contributed by atoms with Gasteiger partial charge in [0.1, 0.15) is 12.3 Å². The Morgan fingerprint density at radius 2 is 1.92 bits per heavy atom. The Morgan fingerprint density at radius 1 is 1.15 bits per heavy atom. The minimum absolute atomic E-state index is 0.111. The van der Waals surface area contributed by atoms with Gasteiger partial charge in [0.05, 0.1) is 35.4 Å². The van der Waals surface area contributed by atoms with Gasteiger partial charge < -0.3 is 24.8 Å². The summed E-state index contributed by atoms with van der Waals surface area (Å²) in [6.07, 6.45) is -2.36. The van der Waals surface area contributed by atoms with Gasteiger partial charge in [-0.2, -0.15) is 13.2 Å². The van der Waals surface area contributed by atoms with E-state index in [1.165, 1.54) is 23.8 Å². The van der Waals surface area contributed by atoms with Crippen molar-refractivity contribution in [3.8, 4) is 17.6 Å². The van der Waals surface area contributed by atoms with E-state index < -0.39 is 22.6 Å². The molecule has 1 aliphatic rings. The number of methoxy groups -OCH3 is 1. The first-order chi connectivity index (χ1) is 18.4. The molecule has 2 aromatic carbocycles. The van der Waals surface area contributed by atoms with Gasteiger partial charge in [0.15, 0.2) is 9.84 Å². The fourth-order valence-electron chi connectivity index (χ4n) is 4.95. The van der Waals surface area contributed by atoms with Gasteiger partial charge in [-0.05, 0) is 62.2 Å². The van der Waals surface area contributed by atoms with E-state index in [0.29, 0.717) is 28.3 Å². The maximum absolute atomic E-state index is 13.5. The van der Waals surface area contributed by atoms with Gasteiger partial charge in [-0.15, -0.1) is 0 Å². The molecule has 3 aromatic rings. The number of fused-ring (bicyclic) bond motifs is 1. The van der Waals surface area contributed by atoms with E-state index in [4.69, 9.17) is 4.74 Å². The molecule has 0 saturated carbocycles. The highest BCUT2D eigenvalue weighted by Gasteiger charge is 2.30. The van der Waals surface area contributed by atoms with Crippen molar-refractivity contribution in [3.05, 3.63) is 48.2 Å². The third-order valence-electron chi connectivity index (χ3n) is 6.92. The van der Waals surface area contributed by atoms with Crippen LogP contribution in [0.15, 0.2) is 47.4 Å². The summed E-state index contributed by atoms with van der Waals surface area (Å²) < 4.78 is 70.7. The lowest BCUT2D eigenvalue weighted by Gasteiger charge is -2.36. The van der Waals surface area contributed by atoms with Crippen LogP contribution in [0.5, 0.6) is 5.75 Å². The smallest absolute Gasteiger partial charge is 0.406 e. The number of halogens is 3. The second-order valence-electron chi connectivity index (χ2n) is 10.0. The predicted octanol–water partition coefficient (Wildman–Crippen LogP) is 4.83. The molecule has 11 heteroatoms. The fraction of sp³-hybridized carbons (Fsp3) is 0.429. The van der Waals surface area contributed by atoms with E-state index in [2.05, 4.69) is 41.3 Å². The Labute approximate surface area is 227 Å². The molecule has 7 nitrogen and oxygen atoms in total. The average Bonchev–Trinajstić information content (AvgIpc) is 3.19. The number of likely N-dealkylation sites (tertiary alicyclic amines) is 1. The number of alkyl halides is 3. The standard InChI is InChI=1S/C28H33F3N4O3S/c1-19-17-34(2)14-12-23(19)33-24-8-5-9-26-22(24)15-20(35(26)18-28(29,30)31)7-6-13-32-25-11-10-21(39(4,36)37)16-27(25)38-3/h5,8-11,15-16,19,23,32-33H,12-14,17-18H2,1-4H3/t19-,23-/m0/s1. The van der Waals surface area contributed by atoms with Crippen molar-refractivity contribution >= 4 is 32.1 Å². The van der Waals surface area contributed by atoms with Crippen LogP contribution in [0, 0.1) is 17.8 Å². The number of hydrogen-bond donors (Lipinski definition) is 2. The van der Waals surface area contributed by atoms with Crippen LogP contribution >= 0.6 is 0 Å². The van der Waals surface area contributed by atoms with E-state index in [0.717, 1.165) is 31.5 Å². The summed E-state index contributed by atoms with van der Waals surface area (Å²) in [4.78, 5) is 2.40. The molecule has 2 heterocycles. The number of anilines is 2. The summed E-state index contributed by atoms with van der Waals surface area (Å²) >= 11 is 0. The first kappa shape index (κ1) is 28.6. The first-order valence-corrected chi connectivity index (χ1v) is 14.5. The van der Waals surface area contributed by atoms with Gasteiger partial charge in [0, 0.05) is 36.0 Å². The number of benzene rings is 2. The van der Waals surface area contributed by atoms with E-state index >= 15 is 0 Å². The summed E-state index contributed by atoms with van der Waals surface area (Å²) in [5.41, 5.74) is 2.04. The lowest BCUT2D eigenvalue weighted by molar-refractivity contribution is -0.140. The van der Waals surface area contributed by atoms with Gasteiger partial charge in [-0.1, -0.05) is 18.9 Å². The molecule has 4 rings (SSSR count). The molecule has 1 fully saturated rings. The number of nitrogens with zero attached hydrogens (tertiary/aromatic N) is 2. The van der Waals surface area contributed by atoms with Crippen LogP contribution in [0.2, 0.25) is 0 Å². The summed E-state index contributed by atoms with van der Waals surface area (Å²) in [5.74, 6) is 6.51. The van der Waals surface area contributed by atoms with Gasteiger partial charge in [0.2, 0.25) is 0 Å². The minimum Gasteiger partial charge on any atom is -0.495 e.